The lowest BCUT2D eigenvalue weighted by Crippen LogP contribution is -2.34. The van der Waals surface area contributed by atoms with Gasteiger partial charge in [0.1, 0.15) is 12.0 Å². The Balaban J connectivity index is 2.11. The molecule has 1 amide bonds. The zero-order valence-corrected chi connectivity index (χ0v) is 9.85. The van der Waals surface area contributed by atoms with Gasteiger partial charge in [0.2, 0.25) is 5.88 Å². The van der Waals surface area contributed by atoms with Gasteiger partial charge in [0.25, 0.3) is 5.91 Å². The molecular weight excluding hydrogens is 220 g/mol. The third-order valence-corrected chi connectivity index (χ3v) is 2.70. The smallest absolute Gasteiger partial charge is 0.272 e. The van der Waals surface area contributed by atoms with E-state index in [0.717, 1.165) is 26.1 Å². The highest BCUT2D eigenvalue weighted by Crippen LogP contribution is 2.09. The SMILES string of the molecule is COc1cc(C(=O)N2CCCNCC2)ncn1. The summed E-state index contributed by atoms with van der Waals surface area (Å²) in [5, 5.41) is 3.25. The van der Waals surface area contributed by atoms with E-state index in [1.54, 1.807) is 6.07 Å². The first kappa shape index (κ1) is 11.8. The average molecular weight is 236 g/mol. The molecule has 17 heavy (non-hydrogen) atoms. The Morgan fingerprint density at radius 3 is 3.12 bits per heavy atom. The van der Waals surface area contributed by atoms with Crippen molar-refractivity contribution in [2.75, 3.05) is 33.3 Å². The van der Waals surface area contributed by atoms with E-state index in [1.807, 2.05) is 4.90 Å². The van der Waals surface area contributed by atoms with Gasteiger partial charge in [-0.15, -0.1) is 0 Å². The van der Waals surface area contributed by atoms with E-state index in [9.17, 15) is 4.79 Å². The zero-order valence-electron chi connectivity index (χ0n) is 9.85. The van der Waals surface area contributed by atoms with Gasteiger partial charge in [0.05, 0.1) is 7.11 Å². The number of amides is 1. The second-order valence-electron chi connectivity index (χ2n) is 3.84. The maximum atomic E-state index is 12.2. The molecule has 6 nitrogen and oxygen atoms in total. The van der Waals surface area contributed by atoms with Crippen LogP contribution in [0.3, 0.4) is 0 Å². The van der Waals surface area contributed by atoms with Gasteiger partial charge in [-0.2, -0.15) is 0 Å². The molecule has 1 N–H and O–H groups in total. The molecule has 2 heterocycles. The quantitative estimate of drug-likeness (QED) is 0.778. The normalized spacial score (nSPS) is 16.4. The van der Waals surface area contributed by atoms with Crippen molar-refractivity contribution >= 4 is 5.91 Å². The maximum Gasteiger partial charge on any atom is 0.272 e. The Hall–Kier alpha value is -1.69. The molecule has 6 heteroatoms. The Kier molecular flexibility index (Phi) is 3.87. The maximum absolute atomic E-state index is 12.2. The predicted molar refractivity (Wildman–Crippen MR) is 62.0 cm³/mol. The third-order valence-electron chi connectivity index (χ3n) is 2.70. The fraction of sp³-hybridized carbons (Fsp3) is 0.545. The monoisotopic (exact) mass is 236 g/mol. The first-order valence-corrected chi connectivity index (χ1v) is 5.67. The van der Waals surface area contributed by atoms with Gasteiger partial charge >= 0.3 is 0 Å². The number of carbonyl (C=O) groups excluding carboxylic acids is 1. The summed E-state index contributed by atoms with van der Waals surface area (Å²) in [6.45, 7) is 3.26. The molecule has 1 aliphatic heterocycles. The van der Waals surface area contributed by atoms with Crippen LogP contribution in [0.15, 0.2) is 12.4 Å². The predicted octanol–water partition coefficient (Wildman–Crippen LogP) is -0.0793. The highest BCUT2D eigenvalue weighted by atomic mass is 16.5. The second kappa shape index (κ2) is 5.58. The Bertz CT molecular complexity index is 389. The van der Waals surface area contributed by atoms with E-state index in [-0.39, 0.29) is 5.91 Å². The van der Waals surface area contributed by atoms with Crippen LogP contribution in [-0.4, -0.2) is 54.1 Å². The fourth-order valence-corrected chi connectivity index (χ4v) is 1.78. The molecule has 2 rings (SSSR count). The van der Waals surface area contributed by atoms with Crippen LogP contribution < -0.4 is 10.1 Å². The number of carbonyl (C=O) groups is 1. The lowest BCUT2D eigenvalue weighted by Gasteiger charge is -2.19. The van der Waals surface area contributed by atoms with Crippen LogP contribution >= 0.6 is 0 Å². The van der Waals surface area contributed by atoms with Crippen LogP contribution in [0.2, 0.25) is 0 Å². The molecule has 0 unspecified atom stereocenters. The van der Waals surface area contributed by atoms with E-state index < -0.39 is 0 Å². The van der Waals surface area contributed by atoms with Crippen LogP contribution in [0, 0.1) is 0 Å². The number of methoxy groups -OCH3 is 1. The summed E-state index contributed by atoms with van der Waals surface area (Å²) in [5.74, 6) is 0.352. The average Bonchev–Trinajstić information content (AvgIpc) is 2.67. The molecule has 1 aliphatic rings. The van der Waals surface area contributed by atoms with Gasteiger partial charge in [-0.1, -0.05) is 0 Å². The van der Waals surface area contributed by atoms with Crippen molar-refractivity contribution in [2.24, 2.45) is 0 Å². The summed E-state index contributed by atoms with van der Waals surface area (Å²) in [4.78, 5) is 21.9. The summed E-state index contributed by atoms with van der Waals surface area (Å²) in [7, 11) is 1.52. The minimum atomic E-state index is -0.0607. The van der Waals surface area contributed by atoms with E-state index in [4.69, 9.17) is 4.74 Å². The van der Waals surface area contributed by atoms with Gasteiger partial charge in [-0.05, 0) is 13.0 Å². The third kappa shape index (κ3) is 2.91. The van der Waals surface area contributed by atoms with Crippen molar-refractivity contribution in [1.82, 2.24) is 20.2 Å². The molecule has 1 saturated heterocycles. The van der Waals surface area contributed by atoms with Crippen molar-refractivity contribution in [2.45, 2.75) is 6.42 Å². The van der Waals surface area contributed by atoms with Crippen LogP contribution in [-0.2, 0) is 0 Å². The molecule has 0 spiro atoms. The fourth-order valence-electron chi connectivity index (χ4n) is 1.78. The lowest BCUT2D eigenvalue weighted by molar-refractivity contribution is 0.0759. The summed E-state index contributed by atoms with van der Waals surface area (Å²) in [6, 6.07) is 1.57. The van der Waals surface area contributed by atoms with E-state index >= 15 is 0 Å². The molecule has 1 aromatic rings. The number of hydrogen-bond acceptors (Lipinski definition) is 5. The molecule has 0 aromatic carbocycles. The number of aromatic nitrogens is 2. The van der Waals surface area contributed by atoms with Crippen molar-refractivity contribution in [3.05, 3.63) is 18.1 Å². The van der Waals surface area contributed by atoms with Crippen LogP contribution in [0.1, 0.15) is 16.9 Å². The minimum absolute atomic E-state index is 0.0607. The molecule has 0 saturated carbocycles. The number of nitrogens with zero attached hydrogens (tertiary/aromatic N) is 3. The van der Waals surface area contributed by atoms with Gasteiger partial charge in [0, 0.05) is 25.7 Å². The highest BCUT2D eigenvalue weighted by Gasteiger charge is 2.18. The largest absolute Gasteiger partial charge is 0.481 e. The van der Waals surface area contributed by atoms with Gasteiger partial charge in [0.15, 0.2) is 0 Å². The highest BCUT2D eigenvalue weighted by molar-refractivity contribution is 5.92. The van der Waals surface area contributed by atoms with Crippen LogP contribution in [0.4, 0.5) is 0 Å². The van der Waals surface area contributed by atoms with Crippen molar-refractivity contribution in [3.8, 4) is 5.88 Å². The van der Waals surface area contributed by atoms with Crippen molar-refractivity contribution in [1.29, 1.82) is 0 Å². The molecule has 1 fully saturated rings. The summed E-state index contributed by atoms with van der Waals surface area (Å²) in [6.07, 6.45) is 2.32. The Morgan fingerprint density at radius 2 is 2.29 bits per heavy atom. The molecule has 0 atom stereocenters. The standard InChI is InChI=1S/C11H16N4O2/c1-17-10-7-9(13-8-14-10)11(16)15-5-2-3-12-4-6-15/h7-8,12H,2-6H2,1H3. The Morgan fingerprint density at radius 1 is 1.41 bits per heavy atom. The first-order chi connectivity index (χ1) is 8.31. The molecular formula is C11H16N4O2. The van der Waals surface area contributed by atoms with E-state index in [2.05, 4.69) is 15.3 Å². The summed E-state index contributed by atoms with van der Waals surface area (Å²) in [5.41, 5.74) is 0.388. The van der Waals surface area contributed by atoms with Gasteiger partial charge in [-0.3, -0.25) is 4.79 Å². The zero-order chi connectivity index (χ0) is 12.1. The van der Waals surface area contributed by atoms with Crippen LogP contribution in [0.25, 0.3) is 0 Å². The molecule has 1 aromatic heterocycles. The number of nitrogens with one attached hydrogen (secondary N) is 1. The molecule has 92 valence electrons. The molecule has 0 aliphatic carbocycles. The minimum Gasteiger partial charge on any atom is -0.481 e. The van der Waals surface area contributed by atoms with E-state index in [0.29, 0.717) is 18.1 Å². The first-order valence-electron chi connectivity index (χ1n) is 5.67. The van der Waals surface area contributed by atoms with Crippen molar-refractivity contribution in [3.63, 3.8) is 0 Å². The van der Waals surface area contributed by atoms with E-state index in [1.165, 1.54) is 13.4 Å². The summed E-state index contributed by atoms with van der Waals surface area (Å²) >= 11 is 0. The topological polar surface area (TPSA) is 67.3 Å². The summed E-state index contributed by atoms with van der Waals surface area (Å²) < 4.78 is 4.98. The van der Waals surface area contributed by atoms with Crippen LogP contribution in [0.5, 0.6) is 5.88 Å². The molecule has 0 bridgehead atoms. The van der Waals surface area contributed by atoms with Crippen molar-refractivity contribution < 1.29 is 9.53 Å². The van der Waals surface area contributed by atoms with Gasteiger partial charge < -0.3 is 15.0 Å². The second-order valence-corrected chi connectivity index (χ2v) is 3.84. The number of rotatable bonds is 2. The number of hydrogen-bond donors (Lipinski definition) is 1. The lowest BCUT2D eigenvalue weighted by atomic mass is 10.3. The number of ether oxygens (including phenoxy) is 1. The Labute approximate surface area is 100 Å². The molecule has 0 radical (unpaired) electrons. The van der Waals surface area contributed by atoms with Gasteiger partial charge in [-0.25, -0.2) is 9.97 Å².